The molecule has 86 valence electrons. The zero-order valence-corrected chi connectivity index (χ0v) is 10.3. The van der Waals surface area contributed by atoms with Gasteiger partial charge in [-0.3, -0.25) is 0 Å². The maximum Gasteiger partial charge on any atom is 0.339 e. The van der Waals surface area contributed by atoms with Crippen molar-refractivity contribution >= 4 is 11.0 Å². The molecule has 0 radical (unpaired) electrons. The highest BCUT2D eigenvalue weighted by Gasteiger charge is 1.98. The van der Waals surface area contributed by atoms with Crippen LogP contribution in [0, 0.1) is 12.8 Å². The van der Waals surface area contributed by atoms with Gasteiger partial charge in [0.2, 0.25) is 0 Å². The van der Waals surface area contributed by atoms with Crippen LogP contribution in [0.2, 0.25) is 0 Å². The third-order valence-corrected chi connectivity index (χ3v) is 1.82. The Balaban J connectivity index is 0.000000280. The van der Waals surface area contributed by atoms with Gasteiger partial charge in [0.25, 0.3) is 0 Å². The first-order chi connectivity index (χ1) is 7.50. The first kappa shape index (κ1) is 12.5. The second-order valence-electron chi connectivity index (χ2n) is 4.49. The van der Waals surface area contributed by atoms with Crippen LogP contribution >= 0.6 is 0 Å². The van der Waals surface area contributed by atoms with E-state index in [1.165, 1.54) is 0 Å². The number of fused-ring (bicyclic) bond motifs is 1. The van der Waals surface area contributed by atoms with Gasteiger partial charge in [-0.25, -0.2) is 4.79 Å². The quantitative estimate of drug-likeness (QED) is 0.630. The molecule has 0 fully saturated rings. The topological polar surface area (TPSA) is 30.2 Å². The van der Waals surface area contributed by atoms with Crippen LogP contribution in [0.4, 0.5) is 0 Å². The third-order valence-electron chi connectivity index (χ3n) is 1.82. The zero-order chi connectivity index (χ0) is 12.1. The molecule has 0 saturated heterocycles. The van der Waals surface area contributed by atoms with Crippen LogP contribution in [0.1, 0.15) is 26.3 Å². The second-order valence-corrected chi connectivity index (χ2v) is 4.49. The van der Waals surface area contributed by atoms with Crippen molar-refractivity contribution in [2.45, 2.75) is 27.7 Å². The summed E-state index contributed by atoms with van der Waals surface area (Å²) in [5, 5.41) is 0.967. The molecule has 0 aliphatic heterocycles. The van der Waals surface area contributed by atoms with Gasteiger partial charge < -0.3 is 4.42 Å². The molecule has 0 amide bonds. The molecular weight excluding hydrogens is 200 g/mol. The zero-order valence-electron chi connectivity index (χ0n) is 10.3. The van der Waals surface area contributed by atoms with Gasteiger partial charge in [-0.05, 0) is 25.0 Å². The van der Waals surface area contributed by atoms with E-state index < -0.39 is 0 Å². The number of para-hydroxylation sites is 1. The predicted octanol–water partition coefficient (Wildman–Crippen LogP) is 3.76. The minimum Gasteiger partial charge on any atom is -0.423 e. The highest BCUT2D eigenvalue weighted by Crippen LogP contribution is 2.11. The largest absolute Gasteiger partial charge is 0.423 e. The van der Waals surface area contributed by atoms with Crippen molar-refractivity contribution in [3.63, 3.8) is 0 Å². The van der Waals surface area contributed by atoms with Crippen molar-refractivity contribution in [2.75, 3.05) is 0 Å². The van der Waals surface area contributed by atoms with E-state index in [2.05, 4.69) is 20.8 Å². The lowest BCUT2D eigenvalue weighted by Gasteiger charge is -1.95. The Morgan fingerprint density at radius 1 is 1.12 bits per heavy atom. The molecule has 2 aromatic rings. The van der Waals surface area contributed by atoms with Crippen LogP contribution in [-0.2, 0) is 0 Å². The lowest BCUT2D eigenvalue weighted by atomic mass is 10.2. The molecule has 1 aromatic heterocycles. The fourth-order valence-corrected chi connectivity index (χ4v) is 1.17. The SMILES string of the molecule is CC(C)C.Cc1cc2ccccc2oc1=O. The van der Waals surface area contributed by atoms with E-state index in [-0.39, 0.29) is 5.63 Å². The number of hydrogen-bond donors (Lipinski definition) is 0. The highest BCUT2D eigenvalue weighted by molar-refractivity contribution is 5.76. The third kappa shape index (κ3) is 3.54. The predicted molar refractivity (Wildman–Crippen MR) is 67.7 cm³/mol. The number of benzene rings is 1. The van der Waals surface area contributed by atoms with E-state index in [1.54, 1.807) is 13.0 Å². The fourth-order valence-electron chi connectivity index (χ4n) is 1.17. The van der Waals surface area contributed by atoms with Crippen LogP contribution in [0.15, 0.2) is 39.5 Å². The van der Waals surface area contributed by atoms with Crippen molar-refractivity contribution in [3.8, 4) is 0 Å². The second kappa shape index (κ2) is 5.50. The normalized spacial score (nSPS) is 10.1. The van der Waals surface area contributed by atoms with E-state index in [0.717, 1.165) is 11.3 Å². The van der Waals surface area contributed by atoms with Crippen LogP contribution in [-0.4, -0.2) is 0 Å². The van der Waals surface area contributed by atoms with Gasteiger partial charge in [0.05, 0.1) is 0 Å². The Bertz CT molecular complexity index is 507. The Morgan fingerprint density at radius 2 is 1.69 bits per heavy atom. The monoisotopic (exact) mass is 218 g/mol. The minimum absolute atomic E-state index is 0.256. The van der Waals surface area contributed by atoms with Gasteiger partial charge in [-0.2, -0.15) is 0 Å². The summed E-state index contributed by atoms with van der Waals surface area (Å²) in [7, 11) is 0. The first-order valence-electron chi connectivity index (χ1n) is 5.50. The van der Waals surface area contributed by atoms with Gasteiger partial charge >= 0.3 is 5.63 Å². The van der Waals surface area contributed by atoms with Gasteiger partial charge in [-0.1, -0.05) is 39.0 Å². The summed E-state index contributed by atoms with van der Waals surface area (Å²) in [6.07, 6.45) is 0. The summed E-state index contributed by atoms with van der Waals surface area (Å²) in [4.78, 5) is 11.1. The maximum atomic E-state index is 11.1. The number of rotatable bonds is 0. The molecule has 2 heteroatoms. The van der Waals surface area contributed by atoms with Crippen LogP contribution in [0.3, 0.4) is 0 Å². The number of hydrogen-bond acceptors (Lipinski definition) is 2. The van der Waals surface area contributed by atoms with Gasteiger partial charge in [0.1, 0.15) is 5.58 Å². The van der Waals surface area contributed by atoms with E-state index >= 15 is 0 Å². The molecule has 0 atom stereocenters. The molecule has 0 bridgehead atoms. The van der Waals surface area contributed by atoms with Crippen molar-refractivity contribution in [1.82, 2.24) is 0 Å². The summed E-state index contributed by atoms with van der Waals surface area (Å²) >= 11 is 0. The Kier molecular flexibility index (Phi) is 4.29. The van der Waals surface area contributed by atoms with Gasteiger partial charge in [0.15, 0.2) is 0 Å². The molecule has 1 heterocycles. The molecule has 0 aliphatic carbocycles. The molecule has 16 heavy (non-hydrogen) atoms. The Labute approximate surface area is 95.9 Å². The van der Waals surface area contributed by atoms with E-state index in [9.17, 15) is 4.79 Å². The highest BCUT2D eigenvalue weighted by atomic mass is 16.4. The summed E-state index contributed by atoms with van der Waals surface area (Å²) in [6, 6.07) is 9.31. The molecular formula is C14H18O2. The van der Waals surface area contributed by atoms with Crippen molar-refractivity contribution in [3.05, 3.63) is 46.3 Å². The standard InChI is InChI=1S/C10H8O2.C4H10/c1-7-6-8-4-2-3-5-9(8)12-10(7)11;1-4(2)3/h2-6H,1H3;4H,1-3H3. The minimum atomic E-state index is -0.256. The van der Waals surface area contributed by atoms with Gasteiger partial charge in [-0.15, -0.1) is 0 Å². The summed E-state index contributed by atoms with van der Waals surface area (Å²) < 4.78 is 5.04. The molecule has 2 nitrogen and oxygen atoms in total. The maximum absolute atomic E-state index is 11.1. The van der Waals surface area contributed by atoms with Gasteiger partial charge in [0, 0.05) is 10.9 Å². The number of aryl methyl sites for hydroxylation is 1. The molecule has 0 spiro atoms. The summed E-state index contributed by atoms with van der Waals surface area (Å²) in [5.41, 5.74) is 1.04. The molecule has 0 N–H and O–H groups in total. The lowest BCUT2D eigenvalue weighted by Crippen LogP contribution is -2.01. The van der Waals surface area contributed by atoms with Crippen molar-refractivity contribution in [2.24, 2.45) is 5.92 Å². The van der Waals surface area contributed by atoms with Crippen LogP contribution in [0.5, 0.6) is 0 Å². The average Bonchev–Trinajstić information content (AvgIpc) is 2.19. The van der Waals surface area contributed by atoms with E-state index in [1.807, 2.05) is 24.3 Å². The summed E-state index contributed by atoms with van der Waals surface area (Å²) in [5.74, 6) is 0.833. The smallest absolute Gasteiger partial charge is 0.339 e. The van der Waals surface area contributed by atoms with E-state index in [0.29, 0.717) is 11.1 Å². The van der Waals surface area contributed by atoms with Crippen molar-refractivity contribution in [1.29, 1.82) is 0 Å². The Morgan fingerprint density at radius 3 is 2.31 bits per heavy atom. The average molecular weight is 218 g/mol. The Hall–Kier alpha value is -1.57. The first-order valence-corrected chi connectivity index (χ1v) is 5.50. The van der Waals surface area contributed by atoms with Crippen molar-refractivity contribution < 1.29 is 4.42 Å². The molecule has 0 unspecified atom stereocenters. The lowest BCUT2D eigenvalue weighted by molar-refractivity contribution is 0.555. The van der Waals surface area contributed by atoms with E-state index in [4.69, 9.17) is 4.42 Å². The molecule has 2 rings (SSSR count). The fraction of sp³-hybridized carbons (Fsp3) is 0.357. The molecule has 0 saturated carbocycles. The molecule has 0 aliphatic rings. The van der Waals surface area contributed by atoms with Crippen LogP contribution < -0.4 is 5.63 Å². The van der Waals surface area contributed by atoms with Crippen LogP contribution in [0.25, 0.3) is 11.0 Å². The summed E-state index contributed by atoms with van der Waals surface area (Å²) in [6.45, 7) is 8.25. The molecule has 1 aromatic carbocycles.